The highest BCUT2D eigenvalue weighted by Crippen LogP contribution is 2.24. The van der Waals surface area contributed by atoms with E-state index in [0.717, 1.165) is 34.9 Å². The highest BCUT2D eigenvalue weighted by atomic mass is 32.2. The second-order valence-corrected chi connectivity index (χ2v) is 10.9. The van der Waals surface area contributed by atoms with Crippen LogP contribution in [0.15, 0.2) is 59.6 Å². The minimum atomic E-state index is -3.88. The van der Waals surface area contributed by atoms with Crippen LogP contribution in [0.25, 0.3) is 0 Å². The zero-order chi connectivity index (χ0) is 25.6. The molecule has 190 valence electrons. The standard InChI is InChI=1S/C26H36N4O4S/c1-20(2)30-23(15-16-28(3)4)17-26(27-30)35(31,32)29(18-21-7-11-24(33-5)12-8-21)19-22-9-13-25(34-6)14-10-22/h7-14,17,20H,15-16,18-19H2,1-6H3. The maximum Gasteiger partial charge on any atom is 0.262 e. The van der Waals surface area contributed by atoms with Gasteiger partial charge in [0.2, 0.25) is 0 Å². The Balaban J connectivity index is 1.98. The van der Waals surface area contributed by atoms with Crippen molar-refractivity contribution in [2.75, 3.05) is 34.9 Å². The van der Waals surface area contributed by atoms with Crippen LogP contribution in [0.2, 0.25) is 0 Å². The number of benzene rings is 2. The maximum absolute atomic E-state index is 13.9. The second kappa shape index (κ2) is 11.7. The monoisotopic (exact) mass is 500 g/mol. The third kappa shape index (κ3) is 6.84. The molecule has 0 amide bonds. The number of likely N-dealkylation sites (N-methyl/N-ethyl adjacent to an activating group) is 1. The zero-order valence-corrected chi connectivity index (χ0v) is 22.2. The fourth-order valence-corrected chi connectivity index (χ4v) is 5.11. The molecule has 35 heavy (non-hydrogen) atoms. The van der Waals surface area contributed by atoms with Crippen LogP contribution < -0.4 is 9.47 Å². The quantitative estimate of drug-likeness (QED) is 0.374. The smallest absolute Gasteiger partial charge is 0.262 e. The molecule has 8 nitrogen and oxygen atoms in total. The SMILES string of the molecule is COc1ccc(CN(Cc2ccc(OC)cc2)S(=O)(=O)c2cc(CCN(C)C)n(C(C)C)n2)cc1. The third-order valence-corrected chi connectivity index (χ3v) is 7.40. The van der Waals surface area contributed by atoms with Crippen LogP contribution in [0.4, 0.5) is 0 Å². The van der Waals surface area contributed by atoms with Gasteiger partial charge in [0.1, 0.15) is 11.5 Å². The van der Waals surface area contributed by atoms with Crippen LogP contribution in [0.5, 0.6) is 11.5 Å². The number of rotatable bonds is 12. The number of nitrogens with zero attached hydrogens (tertiary/aromatic N) is 4. The molecule has 0 atom stereocenters. The highest BCUT2D eigenvalue weighted by Gasteiger charge is 2.29. The van der Waals surface area contributed by atoms with Gasteiger partial charge in [-0.25, -0.2) is 8.42 Å². The summed E-state index contributed by atoms with van der Waals surface area (Å²) in [6.45, 7) is 5.24. The number of sulfonamides is 1. The Morgan fingerprint density at radius 2 is 1.37 bits per heavy atom. The van der Waals surface area contributed by atoms with E-state index in [1.807, 2.05) is 81.2 Å². The van der Waals surface area contributed by atoms with Crippen molar-refractivity contribution >= 4 is 10.0 Å². The van der Waals surface area contributed by atoms with Gasteiger partial charge in [0.05, 0.1) is 14.2 Å². The first kappa shape index (κ1) is 26.7. The summed E-state index contributed by atoms with van der Waals surface area (Å²) in [4.78, 5) is 2.07. The molecule has 0 saturated heterocycles. The maximum atomic E-state index is 13.9. The van der Waals surface area contributed by atoms with Gasteiger partial charge in [0.15, 0.2) is 5.03 Å². The van der Waals surface area contributed by atoms with E-state index in [0.29, 0.717) is 6.42 Å². The first-order chi connectivity index (χ1) is 16.6. The molecule has 3 rings (SSSR count). The van der Waals surface area contributed by atoms with Gasteiger partial charge in [-0.3, -0.25) is 4.68 Å². The summed E-state index contributed by atoms with van der Waals surface area (Å²) in [5, 5.41) is 4.62. The molecule has 2 aromatic carbocycles. The fraction of sp³-hybridized carbons (Fsp3) is 0.423. The van der Waals surface area contributed by atoms with Gasteiger partial charge >= 0.3 is 0 Å². The van der Waals surface area contributed by atoms with Crippen molar-refractivity contribution < 1.29 is 17.9 Å². The molecule has 0 N–H and O–H groups in total. The molecule has 0 aliphatic heterocycles. The van der Waals surface area contributed by atoms with E-state index in [9.17, 15) is 8.42 Å². The molecular formula is C26H36N4O4S. The van der Waals surface area contributed by atoms with Crippen molar-refractivity contribution in [3.8, 4) is 11.5 Å². The molecule has 1 aromatic heterocycles. The Morgan fingerprint density at radius 3 is 1.77 bits per heavy atom. The Bertz CT molecular complexity index is 1140. The molecule has 1 heterocycles. The predicted octanol–water partition coefficient (Wildman–Crippen LogP) is 3.98. The lowest BCUT2D eigenvalue weighted by atomic mass is 10.2. The van der Waals surface area contributed by atoms with Gasteiger partial charge in [-0.1, -0.05) is 24.3 Å². The van der Waals surface area contributed by atoms with Gasteiger partial charge in [-0.2, -0.15) is 9.40 Å². The van der Waals surface area contributed by atoms with Crippen LogP contribution in [-0.4, -0.2) is 62.3 Å². The molecule has 0 radical (unpaired) electrons. The summed E-state index contributed by atoms with van der Waals surface area (Å²) in [6.07, 6.45) is 0.713. The van der Waals surface area contributed by atoms with Crippen molar-refractivity contribution in [2.24, 2.45) is 0 Å². The highest BCUT2D eigenvalue weighted by molar-refractivity contribution is 7.89. The lowest BCUT2D eigenvalue weighted by Gasteiger charge is -2.22. The van der Waals surface area contributed by atoms with Crippen LogP contribution in [0, 0.1) is 0 Å². The molecular weight excluding hydrogens is 464 g/mol. The number of hydrogen-bond acceptors (Lipinski definition) is 6. The lowest BCUT2D eigenvalue weighted by molar-refractivity contribution is 0.392. The molecule has 9 heteroatoms. The summed E-state index contributed by atoms with van der Waals surface area (Å²) in [6, 6.07) is 16.6. The van der Waals surface area contributed by atoms with Gasteiger partial charge in [-0.05, 0) is 69.4 Å². The van der Waals surface area contributed by atoms with Crippen molar-refractivity contribution in [1.82, 2.24) is 19.0 Å². The third-order valence-electron chi connectivity index (χ3n) is 5.74. The molecule has 0 unspecified atom stereocenters. The van der Waals surface area contributed by atoms with E-state index >= 15 is 0 Å². The Labute approximate surface area is 209 Å². The Kier molecular flexibility index (Phi) is 8.93. The lowest BCUT2D eigenvalue weighted by Crippen LogP contribution is -2.30. The first-order valence-electron chi connectivity index (χ1n) is 11.6. The summed E-state index contributed by atoms with van der Waals surface area (Å²) in [5.74, 6) is 1.44. The number of ether oxygens (including phenoxy) is 2. The first-order valence-corrected chi connectivity index (χ1v) is 13.1. The van der Waals surface area contributed by atoms with Crippen LogP contribution >= 0.6 is 0 Å². The van der Waals surface area contributed by atoms with E-state index in [1.165, 1.54) is 4.31 Å². The minimum absolute atomic E-state index is 0.0488. The number of hydrogen-bond donors (Lipinski definition) is 0. The zero-order valence-electron chi connectivity index (χ0n) is 21.4. The molecule has 0 saturated carbocycles. The van der Waals surface area contributed by atoms with E-state index in [-0.39, 0.29) is 24.2 Å². The molecule has 0 bridgehead atoms. The van der Waals surface area contributed by atoms with Crippen LogP contribution in [0.3, 0.4) is 0 Å². The van der Waals surface area contributed by atoms with Gasteiger partial charge < -0.3 is 14.4 Å². The van der Waals surface area contributed by atoms with Gasteiger partial charge in [0.25, 0.3) is 10.0 Å². The van der Waals surface area contributed by atoms with Crippen LogP contribution in [-0.2, 0) is 29.5 Å². The van der Waals surface area contributed by atoms with Gasteiger partial charge in [-0.15, -0.1) is 0 Å². The van der Waals surface area contributed by atoms with E-state index in [1.54, 1.807) is 20.3 Å². The summed E-state index contributed by atoms with van der Waals surface area (Å²) >= 11 is 0. The minimum Gasteiger partial charge on any atom is -0.497 e. The van der Waals surface area contributed by atoms with Crippen molar-refractivity contribution in [3.05, 3.63) is 71.4 Å². The van der Waals surface area contributed by atoms with Crippen LogP contribution in [0.1, 0.15) is 36.7 Å². The normalized spacial score (nSPS) is 12.0. The van der Waals surface area contributed by atoms with E-state index in [2.05, 4.69) is 10.00 Å². The number of methoxy groups -OCH3 is 2. The van der Waals surface area contributed by atoms with E-state index in [4.69, 9.17) is 9.47 Å². The number of aromatic nitrogens is 2. The summed E-state index contributed by atoms with van der Waals surface area (Å²) < 4.78 is 41.6. The fourth-order valence-electron chi connectivity index (χ4n) is 3.73. The largest absolute Gasteiger partial charge is 0.497 e. The van der Waals surface area contributed by atoms with Crippen molar-refractivity contribution in [3.63, 3.8) is 0 Å². The molecule has 0 fully saturated rings. The predicted molar refractivity (Wildman–Crippen MR) is 137 cm³/mol. The molecule has 0 spiro atoms. The molecule has 0 aliphatic carbocycles. The molecule has 0 aliphatic rings. The summed E-state index contributed by atoms with van der Waals surface area (Å²) in [5.41, 5.74) is 2.62. The molecule has 3 aromatic rings. The second-order valence-electron chi connectivity index (χ2n) is 9.03. The topological polar surface area (TPSA) is 76.9 Å². The average Bonchev–Trinajstić information content (AvgIpc) is 3.29. The van der Waals surface area contributed by atoms with Gasteiger partial charge in [0, 0.05) is 37.8 Å². The average molecular weight is 501 g/mol. The van der Waals surface area contributed by atoms with Crippen molar-refractivity contribution in [1.29, 1.82) is 0 Å². The van der Waals surface area contributed by atoms with Crippen molar-refractivity contribution in [2.45, 2.75) is 44.4 Å². The Morgan fingerprint density at radius 1 is 0.886 bits per heavy atom. The summed E-state index contributed by atoms with van der Waals surface area (Å²) in [7, 11) is 3.33. The van der Waals surface area contributed by atoms with E-state index < -0.39 is 10.0 Å². The Hall–Kier alpha value is -2.88.